The summed E-state index contributed by atoms with van der Waals surface area (Å²) >= 11 is 0. The Morgan fingerprint density at radius 3 is 2.29 bits per heavy atom. The largest absolute Gasteiger partial charge is 0.351 e. The van der Waals surface area contributed by atoms with Gasteiger partial charge in [0.1, 0.15) is 0 Å². The second kappa shape index (κ2) is 5.83. The number of likely N-dealkylation sites (N-methyl/N-ethyl adjacent to an activating group) is 1. The third-order valence-corrected chi connectivity index (χ3v) is 3.87. The lowest BCUT2D eigenvalue weighted by atomic mass is 9.68. The smallest absolute Gasteiger partial charge is 0.227 e. The summed E-state index contributed by atoms with van der Waals surface area (Å²) < 4.78 is 0. The number of nitrogens with one attached hydrogen (secondary N) is 1. The van der Waals surface area contributed by atoms with Crippen molar-refractivity contribution >= 4 is 5.91 Å². The van der Waals surface area contributed by atoms with Gasteiger partial charge in [-0.05, 0) is 32.9 Å². The van der Waals surface area contributed by atoms with Gasteiger partial charge in [0, 0.05) is 19.1 Å². The maximum absolute atomic E-state index is 12.3. The highest BCUT2D eigenvalue weighted by Gasteiger charge is 2.43. The lowest BCUT2D eigenvalue weighted by molar-refractivity contribution is -0.136. The summed E-state index contributed by atoms with van der Waals surface area (Å²) in [5.41, 5.74) is 5.49. The number of hydrogen-bond acceptors (Lipinski definition) is 3. The molecular weight excluding hydrogens is 214 g/mol. The van der Waals surface area contributed by atoms with E-state index in [2.05, 4.69) is 24.1 Å². The predicted octanol–water partition coefficient (Wildman–Crippen LogP) is 0.818. The first kappa shape index (κ1) is 14.5. The highest BCUT2D eigenvalue weighted by molar-refractivity contribution is 5.84. The van der Waals surface area contributed by atoms with Crippen LogP contribution in [0.25, 0.3) is 0 Å². The highest BCUT2D eigenvalue weighted by atomic mass is 16.2. The maximum atomic E-state index is 12.3. The van der Waals surface area contributed by atoms with Crippen LogP contribution in [0.5, 0.6) is 0 Å². The fourth-order valence-corrected chi connectivity index (χ4v) is 2.27. The normalized spacial score (nSPS) is 20.2. The van der Waals surface area contributed by atoms with Crippen LogP contribution < -0.4 is 11.1 Å². The van der Waals surface area contributed by atoms with E-state index in [1.54, 1.807) is 0 Å². The van der Waals surface area contributed by atoms with Crippen LogP contribution in [0.3, 0.4) is 0 Å². The van der Waals surface area contributed by atoms with Gasteiger partial charge < -0.3 is 16.0 Å². The molecule has 0 spiro atoms. The monoisotopic (exact) mass is 241 g/mol. The first-order valence-corrected chi connectivity index (χ1v) is 6.57. The quantitative estimate of drug-likeness (QED) is 0.724. The average molecular weight is 241 g/mol. The molecule has 0 aliphatic heterocycles. The molecule has 0 aromatic carbocycles. The molecule has 4 nitrogen and oxygen atoms in total. The maximum Gasteiger partial charge on any atom is 0.227 e. The van der Waals surface area contributed by atoms with E-state index >= 15 is 0 Å². The predicted molar refractivity (Wildman–Crippen MR) is 70.7 cm³/mol. The Hall–Kier alpha value is -0.610. The van der Waals surface area contributed by atoms with Crippen molar-refractivity contribution in [3.05, 3.63) is 0 Å². The molecule has 4 heteroatoms. The molecule has 1 fully saturated rings. The van der Waals surface area contributed by atoms with Crippen LogP contribution in [0.4, 0.5) is 0 Å². The fourth-order valence-electron chi connectivity index (χ4n) is 2.27. The fraction of sp³-hybridized carbons (Fsp3) is 0.923. The minimum Gasteiger partial charge on any atom is -0.351 e. The Morgan fingerprint density at radius 2 is 2.00 bits per heavy atom. The lowest BCUT2D eigenvalue weighted by Gasteiger charge is -2.41. The molecule has 100 valence electrons. The van der Waals surface area contributed by atoms with E-state index in [0.29, 0.717) is 12.5 Å². The molecule has 1 unspecified atom stereocenters. The van der Waals surface area contributed by atoms with Crippen LogP contribution in [0.15, 0.2) is 0 Å². The number of carbonyl (C=O) groups excluding carboxylic acids is 1. The third-order valence-electron chi connectivity index (χ3n) is 3.87. The second-order valence-electron chi connectivity index (χ2n) is 5.92. The van der Waals surface area contributed by atoms with Gasteiger partial charge in [0.05, 0.1) is 5.41 Å². The standard InChI is InChI=1S/C13H27N3O/c1-10(2)11(8-16(3)4)15-12(17)13(9-14)6-5-7-13/h10-11H,5-9,14H2,1-4H3,(H,15,17). The summed E-state index contributed by atoms with van der Waals surface area (Å²) in [4.78, 5) is 14.4. The average Bonchev–Trinajstić information content (AvgIpc) is 2.14. The van der Waals surface area contributed by atoms with Crippen molar-refractivity contribution < 1.29 is 4.79 Å². The Morgan fingerprint density at radius 1 is 1.41 bits per heavy atom. The SMILES string of the molecule is CC(C)C(CN(C)C)NC(=O)C1(CN)CCC1. The van der Waals surface area contributed by atoms with E-state index < -0.39 is 0 Å². The number of hydrogen-bond donors (Lipinski definition) is 2. The van der Waals surface area contributed by atoms with Crippen LogP contribution in [0, 0.1) is 11.3 Å². The van der Waals surface area contributed by atoms with Gasteiger partial charge in [-0.3, -0.25) is 4.79 Å². The third kappa shape index (κ3) is 3.42. The number of nitrogens with zero attached hydrogens (tertiary/aromatic N) is 1. The molecular formula is C13H27N3O. The summed E-state index contributed by atoms with van der Waals surface area (Å²) in [5.74, 6) is 0.600. The van der Waals surface area contributed by atoms with Crippen molar-refractivity contribution in [3.63, 3.8) is 0 Å². The number of amides is 1. The van der Waals surface area contributed by atoms with Crippen molar-refractivity contribution in [2.24, 2.45) is 17.1 Å². The topological polar surface area (TPSA) is 58.4 Å². The summed E-state index contributed by atoms with van der Waals surface area (Å²) in [6.07, 6.45) is 3.02. The van der Waals surface area contributed by atoms with Gasteiger partial charge >= 0.3 is 0 Å². The number of carbonyl (C=O) groups is 1. The molecule has 1 atom stereocenters. The Labute approximate surface area is 105 Å². The zero-order valence-electron chi connectivity index (χ0n) is 11.6. The Balaban J connectivity index is 2.57. The van der Waals surface area contributed by atoms with E-state index in [4.69, 9.17) is 5.73 Å². The summed E-state index contributed by atoms with van der Waals surface area (Å²) in [6.45, 7) is 5.64. The zero-order valence-corrected chi connectivity index (χ0v) is 11.6. The van der Waals surface area contributed by atoms with Gasteiger partial charge in [-0.25, -0.2) is 0 Å². The minimum absolute atomic E-state index is 0.159. The van der Waals surface area contributed by atoms with E-state index in [0.717, 1.165) is 25.8 Å². The van der Waals surface area contributed by atoms with Crippen molar-refractivity contribution in [1.82, 2.24) is 10.2 Å². The van der Waals surface area contributed by atoms with Gasteiger partial charge in [0.25, 0.3) is 0 Å². The van der Waals surface area contributed by atoms with Crippen molar-refractivity contribution in [1.29, 1.82) is 0 Å². The van der Waals surface area contributed by atoms with Gasteiger partial charge in [-0.2, -0.15) is 0 Å². The molecule has 0 bridgehead atoms. The molecule has 0 aromatic rings. The molecule has 3 N–H and O–H groups in total. The molecule has 1 aliphatic rings. The van der Waals surface area contributed by atoms with Crippen LogP contribution in [-0.4, -0.2) is 44.0 Å². The van der Waals surface area contributed by atoms with E-state index in [1.165, 1.54) is 0 Å². The molecule has 1 amide bonds. The molecule has 17 heavy (non-hydrogen) atoms. The van der Waals surface area contributed by atoms with E-state index in [9.17, 15) is 4.79 Å². The number of nitrogens with two attached hydrogens (primary N) is 1. The zero-order chi connectivity index (χ0) is 13.1. The van der Waals surface area contributed by atoms with E-state index in [1.807, 2.05) is 14.1 Å². The summed E-state index contributed by atoms with van der Waals surface area (Å²) in [6, 6.07) is 0.210. The van der Waals surface area contributed by atoms with Crippen LogP contribution >= 0.6 is 0 Å². The summed E-state index contributed by atoms with van der Waals surface area (Å²) in [7, 11) is 4.06. The first-order chi connectivity index (χ1) is 7.91. The van der Waals surface area contributed by atoms with Gasteiger partial charge in [-0.15, -0.1) is 0 Å². The van der Waals surface area contributed by atoms with Gasteiger partial charge in [-0.1, -0.05) is 20.3 Å². The Kier molecular flexibility index (Phi) is 4.95. The molecule has 0 saturated heterocycles. The molecule has 0 radical (unpaired) electrons. The molecule has 0 heterocycles. The van der Waals surface area contributed by atoms with Crippen LogP contribution in [0.1, 0.15) is 33.1 Å². The second-order valence-corrected chi connectivity index (χ2v) is 5.92. The highest BCUT2D eigenvalue weighted by Crippen LogP contribution is 2.40. The number of rotatable bonds is 6. The lowest BCUT2D eigenvalue weighted by Crippen LogP contribution is -2.55. The van der Waals surface area contributed by atoms with Crippen molar-refractivity contribution in [3.8, 4) is 0 Å². The molecule has 1 rings (SSSR count). The Bertz CT molecular complexity index is 254. The summed E-state index contributed by atoms with van der Waals surface area (Å²) in [5, 5.41) is 3.18. The van der Waals surface area contributed by atoms with Crippen molar-refractivity contribution in [2.45, 2.75) is 39.2 Å². The minimum atomic E-state index is -0.264. The van der Waals surface area contributed by atoms with Gasteiger partial charge in [0.2, 0.25) is 5.91 Å². The van der Waals surface area contributed by atoms with Crippen molar-refractivity contribution in [2.75, 3.05) is 27.2 Å². The molecule has 1 aliphatic carbocycles. The van der Waals surface area contributed by atoms with E-state index in [-0.39, 0.29) is 17.4 Å². The molecule has 1 saturated carbocycles. The first-order valence-electron chi connectivity index (χ1n) is 6.57. The van der Waals surface area contributed by atoms with Gasteiger partial charge in [0.15, 0.2) is 0 Å². The molecule has 0 aromatic heterocycles. The van der Waals surface area contributed by atoms with Crippen LogP contribution in [-0.2, 0) is 4.79 Å². The van der Waals surface area contributed by atoms with Crippen LogP contribution in [0.2, 0.25) is 0 Å².